The van der Waals surface area contributed by atoms with E-state index in [1.54, 1.807) is 0 Å². The lowest BCUT2D eigenvalue weighted by atomic mass is 10.2. The fraction of sp³-hybridized carbons (Fsp3) is 0.706. The van der Waals surface area contributed by atoms with E-state index in [0.717, 1.165) is 24.2 Å². The van der Waals surface area contributed by atoms with Crippen LogP contribution in [0.4, 0.5) is 0 Å². The van der Waals surface area contributed by atoms with Crippen LogP contribution in [0.1, 0.15) is 32.6 Å². The van der Waals surface area contributed by atoms with Gasteiger partial charge in [0.25, 0.3) is 11.8 Å². The second kappa shape index (κ2) is 12.6. The first kappa shape index (κ1) is 21.3. The summed E-state index contributed by atoms with van der Waals surface area (Å²) in [5, 5.41) is 8.58. The Morgan fingerprint density at radius 2 is 1.84 bits per heavy atom. The third kappa shape index (κ3) is 9.33. The summed E-state index contributed by atoms with van der Waals surface area (Å²) in [6, 6.07) is 0. The topological polar surface area (TPSA) is 102 Å². The van der Waals surface area contributed by atoms with Crippen molar-refractivity contribution in [1.82, 2.24) is 4.90 Å². The maximum atomic E-state index is 11.3. The summed E-state index contributed by atoms with van der Waals surface area (Å²) < 4.78 is 16.4. The molecule has 1 aliphatic heterocycles. The summed E-state index contributed by atoms with van der Waals surface area (Å²) in [7, 11) is 0. The molecule has 0 aliphatic carbocycles. The number of unbranched alkanes of at least 4 members (excludes halogenated alkanes) is 1. The fourth-order valence-corrected chi connectivity index (χ4v) is 2.20. The smallest absolute Gasteiger partial charge is 0.305 e. The summed E-state index contributed by atoms with van der Waals surface area (Å²) in [5.41, 5.74) is 0. The predicted molar refractivity (Wildman–Crippen MR) is 89.0 cm³/mol. The van der Waals surface area contributed by atoms with Gasteiger partial charge in [-0.25, -0.2) is 0 Å². The highest BCUT2D eigenvalue weighted by Gasteiger charge is 2.22. The van der Waals surface area contributed by atoms with E-state index in [1.807, 2.05) is 0 Å². The summed E-state index contributed by atoms with van der Waals surface area (Å²) in [6.45, 7) is 3.82. The molecule has 0 saturated heterocycles. The quantitative estimate of drug-likeness (QED) is 0.344. The van der Waals surface area contributed by atoms with Crippen LogP contribution >= 0.6 is 0 Å². The number of aliphatic carboxylic acids is 1. The highest BCUT2D eigenvalue weighted by molar-refractivity contribution is 6.12. The van der Waals surface area contributed by atoms with Crippen molar-refractivity contribution in [3.63, 3.8) is 0 Å². The first-order chi connectivity index (χ1) is 12.0. The lowest BCUT2D eigenvalue weighted by Crippen LogP contribution is -2.33. The van der Waals surface area contributed by atoms with E-state index in [1.165, 1.54) is 12.2 Å². The van der Waals surface area contributed by atoms with Crippen molar-refractivity contribution in [2.75, 3.05) is 39.6 Å². The number of carbonyl (C=O) groups is 3. The Balaban J connectivity index is 2.10. The molecule has 0 radical (unpaired) electrons. The summed E-state index contributed by atoms with van der Waals surface area (Å²) in [5.74, 6) is -1.52. The van der Waals surface area contributed by atoms with Gasteiger partial charge in [0.2, 0.25) is 0 Å². The number of rotatable bonds is 15. The number of amides is 2. The van der Waals surface area contributed by atoms with Crippen LogP contribution in [0.2, 0.25) is 0 Å². The van der Waals surface area contributed by atoms with Crippen LogP contribution < -0.4 is 0 Å². The Morgan fingerprint density at radius 3 is 2.48 bits per heavy atom. The molecule has 1 rings (SSSR count). The predicted octanol–water partition coefficient (Wildman–Crippen LogP) is 0.995. The second-order valence-corrected chi connectivity index (χ2v) is 5.63. The molecule has 0 aromatic carbocycles. The van der Waals surface area contributed by atoms with Crippen LogP contribution in [-0.2, 0) is 28.6 Å². The zero-order chi connectivity index (χ0) is 18.5. The minimum absolute atomic E-state index is 0.0214. The molecule has 8 heteroatoms. The van der Waals surface area contributed by atoms with Gasteiger partial charge >= 0.3 is 5.97 Å². The largest absolute Gasteiger partial charge is 0.481 e. The van der Waals surface area contributed by atoms with E-state index in [-0.39, 0.29) is 44.1 Å². The standard InChI is InChI=1S/C17H27NO7/c1-2-3-4-14(13-24-9-7-17(21)22)25-12-11-23-10-8-18-15(19)5-6-16(18)20/h5-6,14H,2-4,7-13H2,1H3,(H,21,22). The molecule has 1 atom stereocenters. The van der Waals surface area contributed by atoms with Crippen LogP contribution in [0.3, 0.4) is 0 Å². The molecule has 142 valence electrons. The number of imide groups is 1. The number of nitrogens with zero attached hydrogens (tertiary/aromatic N) is 1. The molecule has 1 aliphatic rings. The fourth-order valence-electron chi connectivity index (χ4n) is 2.20. The average molecular weight is 357 g/mol. The third-order valence-electron chi connectivity index (χ3n) is 3.58. The molecule has 0 aromatic heterocycles. The zero-order valence-corrected chi connectivity index (χ0v) is 14.6. The van der Waals surface area contributed by atoms with Crippen LogP contribution in [0.15, 0.2) is 12.2 Å². The van der Waals surface area contributed by atoms with Gasteiger partial charge in [-0.15, -0.1) is 0 Å². The van der Waals surface area contributed by atoms with Crippen molar-refractivity contribution in [3.05, 3.63) is 12.2 Å². The third-order valence-corrected chi connectivity index (χ3v) is 3.58. The highest BCUT2D eigenvalue weighted by Crippen LogP contribution is 2.06. The van der Waals surface area contributed by atoms with E-state index >= 15 is 0 Å². The molecule has 25 heavy (non-hydrogen) atoms. The van der Waals surface area contributed by atoms with E-state index in [4.69, 9.17) is 19.3 Å². The summed E-state index contributed by atoms with van der Waals surface area (Å²) >= 11 is 0. The van der Waals surface area contributed by atoms with Gasteiger partial charge in [-0.1, -0.05) is 19.8 Å². The molecule has 0 aromatic rings. The van der Waals surface area contributed by atoms with E-state index in [9.17, 15) is 14.4 Å². The minimum Gasteiger partial charge on any atom is -0.481 e. The normalized spacial score (nSPS) is 15.2. The Labute approximate surface area is 147 Å². The van der Waals surface area contributed by atoms with Crippen molar-refractivity contribution >= 4 is 17.8 Å². The van der Waals surface area contributed by atoms with Crippen LogP contribution in [0.25, 0.3) is 0 Å². The molecule has 0 saturated carbocycles. The molecular weight excluding hydrogens is 330 g/mol. The Kier molecular flexibility index (Phi) is 10.7. The lowest BCUT2D eigenvalue weighted by Gasteiger charge is -2.18. The molecule has 1 N–H and O–H groups in total. The minimum atomic E-state index is -0.885. The lowest BCUT2D eigenvalue weighted by molar-refractivity contribution is -0.139. The molecule has 2 amide bonds. The van der Waals surface area contributed by atoms with Crippen LogP contribution in [0.5, 0.6) is 0 Å². The Bertz CT molecular complexity index is 446. The van der Waals surface area contributed by atoms with E-state index < -0.39 is 5.97 Å². The second-order valence-electron chi connectivity index (χ2n) is 5.63. The molecule has 0 spiro atoms. The number of carbonyl (C=O) groups excluding carboxylic acids is 2. The van der Waals surface area contributed by atoms with Crippen LogP contribution in [0, 0.1) is 0 Å². The number of carboxylic acid groups (broad SMARTS) is 1. The molecular formula is C17H27NO7. The maximum Gasteiger partial charge on any atom is 0.305 e. The molecule has 1 unspecified atom stereocenters. The summed E-state index contributed by atoms with van der Waals surface area (Å²) in [4.78, 5) is 34.3. The van der Waals surface area contributed by atoms with Gasteiger partial charge in [0.15, 0.2) is 0 Å². The van der Waals surface area contributed by atoms with Gasteiger partial charge in [0.1, 0.15) is 0 Å². The van der Waals surface area contributed by atoms with Gasteiger partial charge in [-0.2, -0.15) is 0 Å². The number of hydrogen-bond donors (Lipinski definition) is 1. The molecule has 8 nitrogen and oxygen atoms in total. The first-order valence-corrected chi connectivity index (χ1v) is 8.57. The molecule has 0 bridgehead atoms. The van der Waals surface area contributed by atoms with Crippen molar-refractivity contribution in [3.8, 4) is 0 Å². The van der Waals surface area contributed by atoms with Gasteiger partial charge in [-0.3, -0.25) is 19.3 Å². The van der Waals surface area contributed by atoms with Crippen molar-refractivity contribution in [1.29, 1.82) is 0 Å². The van der Waals surface area contributed by atoms with Crippen molar-refractivity contribution in [2.24, 2.45) is 0 Å². The Hall–Kier alpha value is -1.77. The van der Waals surface area contributed by atoms with Crippen molar-refractivity contribution in [2.45, 2.75) is 38.7 Å². The van der Waals surface area contributed by atoms with Crippen molar-refractivity contribution < 1.29 is 33.7 Å². The van der Waals surface area contributed by atoms with Gasteiger partial charge in [-0.05, 0) is 6.42 Å². The van der Waals surface area contributed by atoms with E-state index in [2.05, 4.69) is 6.92 Å². The number of ether oxygens (including phenoxy) is 3. The van der Waals surface area contributed by atoms with Gasteiger partial charge < -0.3 is 19.3 Å². The maximum absolute atomic E-state index is 11.3. The highest BCUT2D eigenvalue weighted by atomic mass is 16.5. The summed E-state index contributed by atoms with van der Waals surface area (Å²) in [6.07, 6.45) is 5.25. The number of hydrogen-bond acceptors (Lipinski definition) is 6. The van der Waals surface area contributed by atoms with E-state index in [0.29, 0.717) is 19.8 Å². The van der Waals surface area contributed by atoms with Gasteiger partial charge in [0.05, 0.1) is 52.1 Å². The van der Waals surface area contributed by atoms with Gasteiger partial charge in [0, 0.05) is 12.2 Å². The number of carboxylic acids is 1. The monoisotopic (exact) mass is 357 g/mol. The zero-order valence-electron chi connectivity index (χ0n) is 14.6. The molecule has 0 fully saturated rings. The SMILES string of the molecule is CCCCC(COCCC(=O)O)OCCOCCN1C(=O)C=CC1=O. The van der Waals surface area contributed by atoms with Crippen LogP contribution in [-0.4, -0.2) is 73.5 Å². The Morgan fingerprint density at radius 1 is 1.12 bits per heavy atom. The average Bonchev–Trinajstić information content (AvgIpc) is 2.90. The molecule has 1 heterocycles. The first-order valence-electron chi connectivity index (χ1n) is 8.57.